The van der Waals surface area contributed by atoms with E-state index in [1.165, 1.54) is 0 Å². The first kappa shape index (κ1) is 23.4. The lowest BCUT2D eigenvalue weighted by molar-refractivity contribution is 0.569. The molecule has 0 unspecified atom stereocenters. The Morgan fingerprint density at radius 2 is 1.00 bits per heavy atom. The summed E-state index contributed by atoms with van der Waals surface area (Å²) in [4.78, 5) is 0. The van der Waals surface area contributed by atoms with Crippen LogP contribution in [0.3, 0.4) is 0 Å². The van der Waals surface area contributed by atoms with Gasteiger partial charge >= 0.3 is 0 Å². The molecule has 0 radical (unpaired) electrons. The van der Waals surface area contributed by atoms with E-state index in [0.29, 0.717) is 15.6 Å². The Morgan fingerprint density at radius 3 is 1.33 bits per heavy atom. The summed E-state index contributed by atoms with van der Waals surface area (Å²) in [6.07, 6.45) is 0. The second kappa shape index (κ2) is 8.34. The fourth-order valence-corrected chi connectivity index (χ4v) is 5.13. The van der Waals surface area contributed by atoms with Gasteiger partial charge < -0.3 is 0 Å². The van der Waals surface area contributed by atoms with Gasteiger partial charge in [-0.1, -0.05) is 90.1 Å². The molecule has 4 heteroatoms. The van der Waals surface area contributed by atoms with Crippen LogP contribution in [0.2, 0.25) is 0 Å². The third-order valence-electron chi connectivity index (χ3n) is 5.27. The topological polar surface area (TPSA) is 0 Å². The number of halogens is 4. The Hall–Kier alpha value is -1.27. The molecule has 3 aromatic carbocycles. The highest BCUT2D eigenvalue weighted by Gasteiger charge is 2.29. The molecule has 0 saturated heterocycles. The van der Waals surface area contributed by atoms with E-state index >= 15 is 8.78 Å². The SMILES string of the molecule is CC(C)(C)c1ccccc1-c1c(F)c(I)c(F)c(-c2ccccc2C(C)(C)C)c1Br. The Bertz CT molecular complexity index is 1020. The molecule has 3 aromatic rings. The van der Waals surface area contributed by atoms with Crippen molar-refractivity contribution in [1.29, 1.82) is 0 Å². The van der Waals surface area contributed by atoms with E-state index in [9.17, 15) is 0 Å². The Balaban J connectivity index is 2.45. The summed E-state index contributed by atoms with van der Waals surface area (Å²) >= 11 is 5.39. The van der Waals surface area contributed by atoms with Gasteiger partial charge in [0.2, 0.25) is 0 Å². The van der Waals surface area contributed by atoms with E-state index in [1.54, 1.807) is 22.6 Å². The van der Waals surface area contributed by atoms with E-state index in [0.717, 1.165) is 22.3 Å². The summed E-state index contributed by atoms with van der Waals surface area (Å²) in [5, 5.41) is 0. The summed E-state index contributed by atoms with van der Waals surface area (Å²) in [5.41, 5.74) is 4.03. The van der Waals surface area contributed by atoms with Crippen molar-refractivity contribution in [3.8, 4) is 22.3 Å². The average molecular weight is 583 g/mol. The minimum Gasteiger partial charge on any atom is -0.205 e. The van der Waals surface area contributed by atoms with Crippen LogP contribution in [0.1, 0.15) is 52.7 Å². The molecular formula is C26H26BrF2I. The lowest BCUT2D eigenvalue weighted by Crippen LogP contribution is -2.15. The molecule has 30 heavy (non-hydrogen) atoms. The fraction of sp³-hybridized carbons (Fsp3) is 0.308. The van der Waals surface area contributed by atoms with Crippen LogP contribution in [0.5, 0.6) is 0 Å². The Morgan fingerprint density at radius 1 is 0.667 bits per heavy atom. The molecule has 0 aliphatic carbocycles. The lowest BCUT2D eigenvalue weighted by atomic mass is 9.79. The zero-order chi connectivity index (χ0) is 22.4. The molecule has 0 nitrogen and oxygen atoms in total. The average Bonchev–Trinajstić information content (AvgIpc) is 2.66. The standard InChI is InChI=1S/C26H26BrF2I/c1-25(2,3)17-13-9-7-11-15(17)19-21(27)20(23(29)24(30)22(19)28)16-12-8-10-14-18(16)26(4,5)6/h7-14H,1-6H3. The number of benzene rings is 3. The first-order valence-corrected chi connectivity index (χ1v) is 11.8. The zero-order valence-electron chi connectivity index (χ0n) is 18.1. The van der Waals surface area contributed by atoms with Crippen LogP contribution in [-0.4, -0.2) is 0 Å². The first-order valence-electron chi connectivity index (χ1n) is 9.91. The van der Waals surface area contributed by atoms with E-state index in [1.807, 2.05) is 48.5 Å². The van der Waals surface area contributed by atoms with E-state index in [2.05, 4.69) is 57.5 Å². The summed E-state index contributed by atoms with van der Waals surface area (Å²) in [6, 6.07) is 15.6. The molecule has 0 spiro atoms. The van der Waals surface area contributed by atoms with Gasteiger partial charge in [-0.3, -0.25) is 0 Å². The van der Waals surface area contributed by atoms with Crippen molar-refractivity contribution in [2.24, 2.45) is 0 Å². The molecule has 0 amide bonds. The maximum absolute atomic E-state index is 15.5. The highest BCUT2D eigenvalue weighted by Crippen LogP contribution is 2.47. The second-order valence-electron chi connectivity index (χ2n) is 9.60. The Kier molecular flexibility index (Phi) is 6.51. The van der Waals surface area contributed by atoms with Crippen molar-refractivity contribution in [2.75, 3.05) is 0 Å². The van der Waals surface area contributed by atoms with E-state index in [-0.39, 0.29) is 14.4 Å². The lowest BCUT2D eigenvalue weighted by Gasteiger charge is -2.27. The van der Waals surface area contributed by atoms with Gasteiger partial charge in [0, 0.05) is 15.6 Å². The van der Waals surface area contributed by atoms with Crippen molar-refractivity contribution in [2.45, 2.75) is 52.4 Å². The van der Waals surface area contributed by atoms with Gasteiger partial charge in [0.15, 0.2) is 0 Å². The maximum atomic E-state index is 15.5. The minimum absolute atomic E-state index is 0.00762. The predicted octanol–water partition coefficient (Wildman–Crippen LogP) is 9.26. The van der Waals surface area contributed by atoms with Crippen LogP contribution >= 0.6 is 38.5 Å². The van der Waals surface area contributed by atoms with Crippen LogP contribution in [-0.2, 0) is 10.8 Å². The van der Waals surface area contributed by atoms with Gasteiger partial charge in [-0.2, -0.15) is 0 Å². The third-order valence-corrected chi connectivity index (χ3v) is 7.01. The van der Waals surface area contributed by atoms with Crippen LogP contribution < -0.4 is 0 Å². The smallest absolute Gasteiger partial charge is 0.148 e. The molecular weight excluding hydrogens is 557 g/mol. The van der Waals surface area contributed by atoms with Gasteiger partial charge in [0.1, 0.15) is 11.6 Å². The Labute approximate surface area is 200 Å². The molecule has 0 heterocycles. The molecule has 0 fully saturated rings. The highest BCUT2D eigenvalue weighted by molar-refractivity contribution is 14.1. The van der Waals surface area contributed by atoms with Crippen LogP contribution in [0, 0.1) is 15.2 Å². The van der Waals surface area contributed by atoms with Crippen molar-refractivity contribution < 1.29 is 8.78 Å². The van der Waals surface area contributed by atoms with Crippen molar-refractivity contribution >= 4 is 38.5 Å². The normalized spacial score (nSPS) is 12.3. The highest BCUT2D eigenvalue weighted by atomic mass is 127. The molecule has 0 aliphatic rings. The van der Waals surface area contributed by atoms with Crippen LogP contribution in [0.4, 0.5) is 8.78 Å². The van der Waals surface area contributed by atoms with Crippen LogP contribution in [0.25, 0.3) is 22.3 Å². The summed E-state index contributed by atoms with van der Waals surface area (Å²) < 4.78 is 31.5. The van der Waals surface area contributed by atoms with Crippen LogP contribution in [0.15, 0.2) is 53.0 Å². The van der Waals surface area contributed by atoms with E-state index < -0.39 is 11.6 Å². The molecule has 0 bridgehead atoms. The zero-order valence-corrected chi connectivity index (χ0v) is 21.9. The molecule has 0 N–H and O–H groups in total. The first-order chi connectivity index (χ1) is 13.9. The van der Waals surface area contributed by atoms with Gasteiger partial charge in [-0.15, -0.1) is 0 Å². The predicted molar refractivity (Wildman–Crippen MR) is 135 cm³/mol. The van der Waals surface area contributed by atoms with Gasteiger partial charge in [0.25, 0.3) is 0 Å². The summed E-state index contributed by atoms with van der Waals surface area (Å²) in [5.74, 6) is -1.07. The molecule has 0 saturated carbocycles. The molecule has 0 aromatic heterocycles. The molecule has 0 aliphatic heterocycles. The second-order valence-corrected chi connectivity index (χ2v) is 11.5. The van der Waals surface area contributed by atoms with Gasteiger partial charge in [-0.05, 0) is 71.6 Å². The number of rotatable bonds is 2. The molecule has 3 rings (SSSR count). The van der Waals surface area contributed by atoms with Gasteiger partial charge in [0.05, 0.1) is 3.57 Å². The largest absolute Gasteiger partial charge is 0.205 e. The third kappa shape index (κ3) is 4.22. The molecule has 0 atom stereocenters. The maximum Gasteiger partial charge on any atom is 0.148 e. The van der Waals surface area contributed by atoms with Crippen molar-refractivity contribution in [1.82, 2.24) is 0 Å². The van der Waals surface area contributed by atoms with Crippen molar-refractivity contribution in [3.63, 3.8) is 0 Å². The number of hydrogen-bond acceptors (Lipinski definition) is 0. The van der Waals surface area contributed by atoms with E-state index in [4.69, 9.17) is 0 Å². The van der Waals surface area contributed by atoms with Gasteiger partial charge in [-0.25, -0.2) is 8.78 Å². The quantitative estimate of drug-likeness (QED) is 0.160. The summed E-state index contributed by atoms with van der Waals surface area (Å²) in [7, 11) is 0. The summed E-state index contributed by atoms with van der Waals surface area (Å²) in [6.45, 7) is 12.6. The molecule has 158 valence electrons. The number of hydrogen-bond donors (Lipinski definition) is 0. The monoisotopic (exact) mass is 582 g/mol. The minimum atomic E-state index is -0.534. The van der Waals surface area contributed by atoms with Crippen molar-refractivity contribution in [3.05, 3.63) is 79.3 Å². The fourth-order valence-electron chi connectivity index (χ4n) is 3.82.